The molecule has 1 saturated heterocycles. The first-order chi connectivity index (χ1) is 15.9. The van der Waals surface area contributed by atoms with E-state index in [1.807, 2.05) is 29.8 Å². The largest absolute Gasteiger partial charge is 0.435 e. The lowest BCUT2D eigenvalue weighted by Crippen LogP contribution is -2.49. The minimum Gasteiger partial charge on any atom is -0.435 e. The van der Waals surface area contributed by atoms with Gasteiger partial charge in [0.2, 0.25) is 0 Å². The number of aromatic nitrogens is 4. The molecule has 3 heterocycles. The van der Waals surface area contributed by atoms with E-state index < -0.39 is 12.5 Å². The average molecular weight is 455 g/mol. The van der Waals surface area contributed by atoms with Crippen LogP contribution in [0, 0.1) is 0 Å². The van der Waals surface area contributed by atoms with Crippen molar-refractivity contribution in [1.29, 1.82) is 0 Å². The number of carbonyl (C=O) groups is 1. The van der Waals surface area contributed by atoms with Crippen LogP contribution < -0.4 is 10.1 Å². The van der Waals surface area contributed by atoms with Crippen LogP contribution in [0.15, 0.2) is 42.7 Å². The van der Waals surface area contributed by atoms with Crippen molar-refractivity contribution in [3.8, 4) is 5.75 Å². The number of carbonyl (C=O) groups excluding carboxylic acids is 1. The Morgan fingerprint density at radius 2 is 2.12 bits per heavy atom. The van der Waals surface area contributed by atoms with Gasteiger partial charge < -0.3 is 19.4 Å². The second-order valence-electron chi connectivity index (χ2n) is 8.61. The Kier molecular flexibility index (Phi) is 5.53. The second-order valence-corrected chi connectivity index (χ2v) is 8.61. The van der Waals surface area contributed by atoms with Crippen LogP contribution in [-0.2, 0) is 23.6 Å². The highest BCUT2D eigenvalue weighted by atomic mass is 19.3. The number of halogens is 2. The second kappa shape index (κ2) is 8.51. The molecule has 1 aromatic carbocycles. The van der Waals surface area contributed by atoms with Crippen LogP contribution >= 0.6 is 0 Å². The van der Waals surface area contributed by atoms with Crippen LogP contribution in [0.25, 0.3) is 0 Å². The number of hydrogen-bond donors (Lipinski definition) is 1. The summed E-state index contributed by atoms with van der Waals surface area (Å²) in [6.07, 6.45) is 4.15. The predicted octanol–water partition coefficient (Wildman–Crippen LogP) is 3.45. The van der Waals surface area contributed by atoms with Crippen LogP contribution in [0.5, 0.6) is 5.75 Å². The molecule has 0 spiro atoms. The van der Waals surface area contributed by atoms with Gasteiger partial charge in [0.15, 0.2) is 0 Å². The van der Waals surface area contributed by atoms with Crippen molar-refractivity contribution in [2.24, 2.45) is 7.05 Å². The zero-order valence-electron chi connectivity index (χ0n) is 18.0. The molecular formula is C23H23F2N5O3. The van der Waals surface area contributed by atoms with Crippen LogP contribution in [0.2, 0.25) is 0 Å². The van der Waals surface area contributed by atoms with Crippen molar-refractivity contribution in [3.05, 3.63) is 65.5 Å². The molecular weight excluding hydrogens is 432 g/mol. The highest BCUT2D eigenvalue weighted by Gasteiger charge is 2.41. The number of nitrogens with one attached hydrogen (secondary N) is 1. The third kappa shape index (κ3) is 4.56. The van der Waals surface area contributed by atoms with Crippen LogP contribution in [0.1, 0.15) is 46.3 Å². The Morgan fingerprint density at radius 3 is 2.76 bits per heavy atom. The first kappa shape index (κ1) is 21.4. The average Bonchev–Trinajstić information content (AvgIpc) is 3.53. The maximum Gasteiger partial charge on any atom is 0.387 e. The van der Waals surface area contributed by atoms with E-state index in [1.165, 1.54) is 12.1 Å². The van der Waals surface area contributed by atoms with Crippen molar-refractivity contribution in [2.75, 3.05) is 18.5 Å². The Balaban J connectivity index is 1.37. The Hall–Kier alpha value is -3.40. The number of hydrogen-bond acceptors (Lipinski definition) is 6. The van der Waals surface area contributed by atoms with E-state index in [0.717, 1.165) is 24.2 Å². The fraction of sp³-hybridized carbons (Fsp3) is 0.391. The summed E-state index contributed by atoms with van der Waals surface area (Å²) in [5, 5.41) is 11.0. The molecule has 172 valence electrons. The number of pyridine rings is 1. The maximum atomic E-state index is 12.9. The topological polar surface area (TPSA) is 91.2 Å². The van der Waals surface area contributed by atoms with Gasteiger partial charge in [-0.05, 0) is 30.5 Å². The van der Waals surface area contributed by atoms with Gasteiger partial charge in [0.25, 0.3) is 5.91 Å². The first-order valence-corrected chi connectivity index (χ1v) is 10.7. The summed E-state index contributed by atoms with van der Waals surface area (Å²) >= 11 is 0. The van der Waals surface area contributed by atoms with Crippen LogP contribution in [0.3, 0.4) is 0 Å². The number of alkyl halides is 2. The first-order valence-electron chi connectivity index (χ1n) is 10.7. The summed E-state index contributed by atoms with van der Waals surface area (Å²) in [6, 6.07) is 10.3. The molecule has 2 aliphatic rings. The molecule has 0 bridgehead atoms. The van der Waals surface area contributed by atoms with Gasteiger partial charge in [-0.25, -0.2) is 4.98 Å². The molecule has 1 aliphatic carbocycles. The number of anilines is 1. The van der Waals surface area contributed by atoms with Gasteiger partial charge in [-0.15, -0.1) is 10.2 Å². The number of amides is 1. The molecule has 0 atom stereocenters. The minimum absolute atomic E-state index is 0.0428. The molecule has 8 nitrogen and oxygen atoms in total. The maximum absolute atomic E-state index is 12.9. The number of aryl methyl sites for hydroxylation is 1. The lowest BCUT2D eigenvalue weighted by atomic mass is 9.75. The highest BCUT2D eigenvalue weighted by molar-refractivity contribution is 6.03. The van der Waals surface area contributed by atoms with E-state index in [-0.39, 0.29) is 22.8 Å². The Labute approximate surface area is 188 Å². The zero-order chi connectivity index (χ0) is 23.0. The van der Waals surface area contributed by atoms with Crippen LogP contribution in [0.4, 0.5) is 14.5 Å². The van der Waals surface area contributed by atoms with E-state index in [4.69, 9.17) is 4.74 Å². The molecule has 1 saturated carbocycles. The number of rotatable bonds is 8. The fourth-order valence-electron chi connectivity index (χ4n) is 4.01. The van der Waals surface area contributed by atoms with Gasteiger partial charge >= 0.3 is 6.61 Å². The van der Waals surface area contributed by atoms with Crippen molar-refractivity contribution in [3.63, 3.8) is 0 Å². The molecule has 10 heteroatoms. The summed E-state index contributed by atoms with van der Waals surface area (Å²) in [5.41, 5.74) is 1.97. The van der Waals surface area contributed by atoms with Gasteiger partial charge in [-0.3, -0.25) is 4.79 Å². The van der Waals surface area contributed by atoms with E-state index in [1.54, 1.807) is 12.4 Å². The van der Waals surface area contributed by atoms with E-state index in [0.29, 0.717) is 31.0 Å². The number of benzene rings is 1. The number of ether oxygens (including phenoxy) is 2. The Bertz CT molecular complexity index is 1170. The number of nitrogens with zero attached hydrogens (tertiary/aromatic N) is 4. The summed E-state index contributed by atoms with van der Waals surface area (Å²) in [7, 11) is 1.90. The quantitative estimate of drug-likeness (QED) is 0.560. The van der Waals surface area contributed by atoms with E-state index in [2.05, 4.69) is 25.2 Å². The van der Waals surface area contributed by atoms with E-state index in [9.17, 15) is 13.6 Å². The third-order valence-electron chi connectivity index (χ3n) is 6.06. The normalized spacial score (nSPS) is 17.0. The van der Waals surface area contributed by atoms with Crippen molar-refractivity contribution in [1.82, 2.24) is 19.7 Å². The standard InChI is InChI=1S/C23H23F2N5O3/c1-30-13-26-29-20(30)10-23(11-32-12-23)15-3-2-4-16(7-15)27-21(31)19-9-17(33-22(24)25)8-18(28-19)14-5-6-14/h2-4,7-9,13-14,22H,5-6,10-12H2,1H3,(H,27,31). The molecule has 3 aromatic rings. The van der Waals surface area contributed by atoms with Crippen LogP contribution in [-0.4, -0.2) is 45.5 Å². The minimum atomic E-state index is -2.97. The summed E-state index contributed by atoms with van der Waals surface area (Å²) in [5.74, 6) is 0.483. The van der Waals surface area contributed by atoms with Gasteiger partial charge in [0, 0.05) is 48.3 Å². The molecule has 33 heavy (non-hydrogen) atoms. The lowest BCUT2D eigenvalue weighted by Gasteiger charge is -2.41. The third-order valence-corrected chi connectivity index (χ3v) is 6.06. The molecule has 0 radical (unpaired) electrons. The summed E-state index contributed by atoms with van der Waals surface area (Å²) in [4.78, 5) is 17.3. The van der Waals surface area contributed by atoms with Crippen molar-refractivity contribution < 1.29 is 23.0 Å². The predicted molar refractivity (Wildman–Crippen MR) is 114 cm³/mol. The summed E-state index contributed by atoms with van der Waals surface area (Å²) < 4.78 is 37.4. The van der Waals surface area contributed by atoms with Gasteiger partial charge in [0.05, 0.1) is 13.2 Å². The molecule has 2 aromatic heterocycles. The zero-order valence-corrected chi connectivity index (χ0v) is 18.0. The molecule has 1 N–H and O–H groups in total. The SMILES string of the molecule is Cn1cnnc1CC1(c2cccc(NC(=O)c3cc(OC(F)F)cc(C4CC4)n3)c2)COC1. The van der Waals surface area contributed by atoms with Gasteiger partial charge in [-0.2, -0.15) is 8.78 Å². The van der Waals surface area contributed by atoms with Gasteiger partial charge in [0.1, 0.15) is 23.6 Å². The van der Waals surface area contributed by atoms with Crippen molar-refractivity contribution >= 4 is 11.6 Å². The fourth-order valence-corrected chi connectivity index (χ4v) is 4.01. The molecule has 2 fully saturated rings. The molecule has 1 aliphatic heterocycles. The Morgan fingerprint density at radius 1 is 1.30 bits per heavy atom. The smallest absolute Gasteiger partial charge is 0.387 e. The summed E-state index contributed by atoms with van der Waals surface area (Å²) in [6.45, 7) is -1.89. The molecule has 1 amide bonds. The monoisotopic (exact) mass is 455 g/mol. The van der Waals surface area contributed by atoms with E-state index >= 15 is 0 Å². The van der Waals surface area contributed by atoms with Crippen molar-refractivity contribution in [2.45, 2.75) is 37.2 Å². The highest BCUT2D eigenvalue weighted by Crippen LogP contribution is 2.40. The molecule has 0 unspecified atom stereocenters. The molecule has 5 rings (SSSR count). The lowest BCUT2D eigenvalue weighted by molar-refractivity contribution is -0.0610. The van der Waals surface area contributed by atoms with Gasteiger partial charge in [-0.1, -0.05) is 12.1 Å².